The highest BCUT2D eigenvalue weighted by Gasteiger charge is 2.45. The Morgan fingerprint density at radius 3 is 2.35 bits per heavy atom. The number of fused-ring (bicyclic) bond motifs is 1. The average Bonchev–Trinajstić information content (AvgIpc) is 4.17. The second-order valence-corrected chi connectivity index (χ2v) is 22.4. The Morgan fingerprint density at radius 1 is 0.974 bits per heavy atom. The van der Waals surface area contributed by atoms with Gasteiger partial charge in [0, 0.05) is 69.7 Å². The van der Waals surface area contributed by atoms with Gasteiger partial charge in [0.2, 0.25) is 23.6 Å². The molecule has 0 unspecified atom stereocenters. The number of nitrogens with one attached hydrogen (secondary N) is 2. The van der Waals surface area contributed by atoms with E-state index >= 15 is 8.78 Å². The van der Waals surface area contributed by atoms with Crippen molar-refractivity contribution in [3.8, 4) is 33.3 Å². The summed E-state index contributed by atoms with van der Waals surface area (Å²) in [4.78, 5) is 75.2. The first kappa shape index (κ1) is 57.8. The van der Waals surface area contributed by atoms with Crippen molar-refractivity contribution in [1.29, 1.82) is 0 Å². The number of amides is 4. The van der Waals surface area contributed by atoms with Gasteiger partial charge in [-0.05, 0) is 74.4 Å². The Hall–Kier alpha value is -6.36. The summed E-state index contributed by atoms with van der Waals surface area (Å²) in [5.41, 5.74) is 2.99. The Labute approximate surface area is 461 Å². The van der Waals surface area contributed by atoms with Gasteiger partial charge in [-0.2, -0.15) is 9.97 Å². The molecule has 0 bridgehead atoms. The third-order valence-electron chi connectivity index (χ3n) is 14.4. The number of thiazole rings is 1. The van der Waals surface area contributed by atoms with Crippen molar-refractivity contribution in [1.82, 2.24) is 40.3 Å². The first-order valence-electron chi connectivity index (χ1n) is 26.2. The van der Waals surface area contributed by atoms with Crippen molar-refractivity contribution in [3.63, 3.8) is 0 Å². The van der Waals surface area contributed by atoms with Gasteiger partial charge in [-0.15, -0.1) is 11.3 Å². The molecule has 78 heavy (non-hydrogen) atoms. The van der Waals surface area contributed by atoms with E-state index in [0.29, 0.717) is 64.5 Å². The number of phenols is 1. The number of aromatic nitrogens is 3. The van der Waals surface area contributed by atoms with Crippen LogP contribution in [0.2, 0.25) is 5.02 Å². The fourth-order valence-corrected chi connectivity index (χ4v) is 11.3. The van der Waals surface area contributed by atoms with Gasteiger partial charge in [0.25, 0.3) is 0 Å². The first-order chi connectivity index (χ1) is 37.2. The molecule has 4 N–H and O–H groups in total. The van der Waals surface area contributed by atoms with E-state index in [4.69, 9.17) is 30.8 Å². The van der Waals surface area contributed by atoms with Crippen molar-refractivity contribution in [2.45, 2.75) is 97.2 Å². The maximum Gasteiger partial charge on any atom is 0.319 e. The molecule has 8 rings (SSSR count). The highest BCUT2D eigenvalue weighted by molar-refractivity contribution is 7.13. The van der Waals surface area contributed by atoms with Gasteiger partial charge < -0.3 is 49.8 Å². The lowest BCUT2D eigenvalue weighted by molar-refractivity contribution is -0.144. The normalized spacial score (nSPS) is 18.7. The molecule has 5 aromatic rings. The first-order valence-corrected chi connectivity index (χ1v) is 27.5. The molecule has 3 aliphatic rings. The zero-order valence-corrected chi connectivity index (χ0v) is 46.3. The number of aryl methyl sites for hydroxylation is 1. The van der Waals surface area contributed by atoms with Crippen LogP contribution in [0.25, 0.3) is 32.5 Å². The Balaban J connectivity index is 0.801. The third kappa shape index (κ3) is 13.5. The fourth-order valence-electron chi connectivity index (χ4n) is 10.2. The highest BCUT2D eigenvalue weighted by Crippen LogP contribution is 2.43. The lowest BCUT2D eigenvalue weighted by Crippen LogP contribution is -2.58. The van der Waals surface area contributed by atoms with Crippen LogP contribution < -0.4 is 20.3 Å². The number of piperidine rings is 1. The summed E-state index contributed by atoms with van der Waals surface area (Å²) in [6.07, 6.45) is 1.30. The number of nitrogens with zero attached hydrogens (tertiary/aromatic N) is 7. The lowest BCUT2D eigenvalue weighted by atomic mass is 9.85. The summed E-state index contributed by atoms with van der Waals surface area (Å²) in [5.74, 6) is -3.57. The van der Waals surface area contributed by atoms with E-state index < -0.39 is 70.4 Å². The van der Waals surface area contributed by atoms with E-state index in [0.717, 1.165) is 27.8 Å². The van der Waals surface area contributed by atoms with Gasteiger partial charge in [-0.1, -0.05) is 69.3 Å². The van der Waals surface area contributed by atoms with Crippen molar-refractivity contribution in [3.05, 3.63) is 94.6 Å². The number of ether oxygens (including phenoxy) is 3. The molecular formula is C56H68ClF2N9O9S. The van der Waals surface area contributed by atoms with E-state index in [1.54, 1.807) is 21.7 Å². The number of aliphatic hydroxyl groups is 1. The molecule has 2 aromatic heterocycles. The molecule has 418 valence electrons. The third-order valence-corrected chi connectivity index (χ3v) is 15.7. The van der Waals surface area contributed by atoms with Crippen LogP contribution in [-0.2, 0) is 28.7 Å². The number of piperazine rings is 1. The molecule has 3 saturated heterocycles. The highest BCUT2D eigenvalue weighted by atomic mass is 35.5. The number of carbonyl (C=O) groups is 4. The van der Waals surface area contributed by atoms with E-state index in [1.807, 2.05) is 70.7 Å². The number of aliphatic hydroxyl groups excluding tert-OH is 1. The summed E-state index contributed by atoms with van der Waals surface area (Å²) >= 11 is 8.19. The van der Waals surface area contributed by atoms with E-state index in [1.165, 1.54) is 29.2 Å². The minimum absolute atomic E-state index is 0.0488. The zero-order chi connectivity index (χ0) is 56.0. The summed E-state index contributed by atoms with van der Waals surface area (Å²) in [6.45, 7) is 18.0. The number of hydrogen-bond donors (Lipinski definition) is 4. The van der Waals surface area contributed by atoms with Crippen LogP contribution in [-0.4, -0.2) is 166 Å². The van der Waals surface area contributed by atoms with Crippen molar-refractivity contribution in [2.24, 2.45) is 5.41 Å². The molecule has 0 aliphatic carbocycles. The van der Waals surface area contributed by atoms with Gasteiger partial charge in [0.1, 0.15) is 47.7 Å². The van der Waals surface area contributed by atoms with E-state index in [2.05, 4.69) is 32.1 Å². The molecular weight excluding hydrogens is 1050 g/mol. The second-order valence-electron chi connectivity index (χ2n) is 21.2. The van der Waals surface area contributed by atoms with Gasteiger partial charge in [0.15, 0.2) is 5.82 Å². The quantitative estimate of drug-likeness (QED) is 0.0493. The van der Waals surface area contributed by atoms with Gasteiger partial charge >= 0.3 is 6.01 Å². The fraction of sp³-hybridized carbons (Fsp3) is 0.482. The van der Waals surface area contributed by atoms with Gasteiger partial charge in [0.05, 0.1) is 58.1 Å². The van der Waals surface area contributed by atoms with Crippen LogP contribution in [0.3, 0.4) is 0 Å². The van der Waals surface area contributed by atoms with Crippen LogP contribution >= 0.6 is 22.9 Å². The van der Waals surface area contributed by atoms with E-state index in [-0.39, 0.29) is 78.3 Å². The van der Waals surface area contributed by atoms with Crippen LogP contribution in [0.4, 0.5) is 14.6 Å². The minimum atomic E-state index is -1.01. The molecule has 3 aliphatic heterocycles. The number of carbonyl (C=O) groups excluding carboxylic acids is 4. The van der Waals surface area contributed by atoms with Crippen LogP contribution in [0.15, 0.2) is 66.7 Å². The number of anilines is 1. The molecule has 0 saturated carbocycles. The molecule has 3 fully saturated rings. The van der Waals surface area contributed by atoms with Crippen molar-refractivity contribution in [2.75, 3.05) is 77.1 Å². The topological polar surface area (TPSA) is 212 Å². The molecule has 0 spiro atoms. The standard InChI is InChI=1S/C56H68ClF2N9O9S/c1-8-45(72)66-20-22-67(23-21-66)52-39-27-40(57)46(47-41(58)10-9-11-43(47)70)48(59)49(39)63-55(64-52)77-32(2)28-65-18-16-38(17-19-65)76-25-24-75-30-44(71)62-51(56(5,6)7)54(74)68-29-37(69)26-42(68)53(73)61-33(3)35-12-14-36(15-13-35)50-34(4)60-31-78-50/h8-15,27,31-33,37-38,42,51,69-70H,1,16-26,28-30H2,2-7H3,(H,61,73)(H,62,71)/t32-,33+,37-,42+,51-/m1/s1. The molecule has 4 amide bonds. The molecule has 22 heteroatoms. The Kier molecular flexibility index (Phi) is 18.7. The number of halogens is 3. The number of phenolic OH excluding ortho intramolecular Hbond substituents is 1. The molecule has 3 aromatic carbocycles. The number of aromatic hydroxyl groups is 1. The predicted molar refractivity (Wildman–Crippen MR) is 293 cm³/mol. The maximum atomic E-state index is 16.7. The van der Waals surface area contributed by atoms with Crippen LogP contribution in [0, 0.1) is 24.0 Å². The monoisotopic (exact) mass is 1120 g/mol. The number of hydrogen-bond acceptors (Lipinski definition) is 15. The van der Waals surface area contributed by atoms with Gasteiger partial charge in [-0.3, -0.25) is 24.1 Å². The van der Waals surface area contributed by atoms with Crippen molar-refractivity contribution >= 4 is 63.3 Å². The molecule has 18 nitrogen and oxygen atoms in total. The summed E-state index contributed by atoms with van der Waals surface area (Å²) in [6, 6.07) is 10.5. The predicted octanol–water partition coefficient (Wildman–Crippen LogP) is 6.84. The second kappa shape index (κ2) is 25.2. The number of benzene rings is 3. The number of likely N-dealkylation sites (tertiary alicyclic amines) is 2. The van der Waals surface area contributed by atoms with E-state index in [9.17, 15) is 29.4 Å². The van der Waals surface area contributed by atoms with Crippen molar-refractivity contribution < 1.29 is 52.4 Å². The maximum absolute atomic E-state index is 16.7. The SMILES string of the molecule is C=CC(=O)N1CCN(c2nc(O[C@H](C)CN3CCC(OCCOCC(=O)N[C@H](C(=O)N4C[C@H](O)C[C@H]4C(=O)N[C@@H](C)c4ccc(-c5scnc5C)cc4)C(C)(C)C)CC3)nc3c(F)c(-c4c(O)cccc4F)c(Cl)cc23)CC1. The Bertz CT molecular complexity index is 2960. The zero-order valence-electron chi connectivity index (χ0n) is 44.8. The van der Waals surface area contributed by atoms with Crippen LogP contribution in [0.5, 0.6) is 11.8 Å². The number of β-amino-alcohol motifs (C(OH)–C–C–N with tert-alkyl or cyclic N) is 1. The Morgan fingerprint density at radius 2 is 1.69 bits per heavy atom. The largest absolute Gasteiger partial charge is 0.507 e. The van der Waals surface area contributed by atoms with Crippen LogP contribution in [0.1, 0.15) is 71.2 Å². The summed E-state index contributed by atoms with van der Waals surface area (Å²) in [7, 11) is 0. The molecule has 0 radical (unpaired) electrons. The smallest absolute Gasteiger partial charge is 0.319 e. The molecule has 5 atom stereocenters. The minimum Gasteiger partial charge on any atom is -0.507 e. The number of rotatable bonds is 19. The lowest BCUT2D eigenvalue weighted by Gasteiger charge is -2.35. The molecule has 5 heterocycles. The summed E-state index contributed by atoms with van der Waals surface area (Å²) in [5, 5.41) is 27.2. The average molecular weight is 1120 g/mol. The van der Waals surface area contributed by atoms with Gasteiger partial charge in [-0.25, -0.2) is 13.8 Å². The summed E-state index contributed by atoms with van der Waals surface area (Å²) < 4.78 is 49.8.